The number of pyridine rings is 1. The van der Waals surface area contributed by atoms with Gasteiger partial charge in [-0.05, 0) is 48.4 Å². The molecule has 0 amide bonds. The summed E-state index contributed by atoms with van der Waals surface area (Å²) in [6.45, 7) is 2.75. The molecule has 2 aromatic carbocycles. The Morgan fingerprint density at radius 1 is 1.19 bits per heavy atom. The summed E-state index contributed by atoms with van der Waals surface area (Å²) in [6.07, 6.45) is 1.81. The summed E-state index contributed by atoms with van der Waals surface area (Å²) in [5.74, 6) is 0. The molecule has 21 heavy (non-hydrogen) atoms. The summed E-state index contributed by atoms with van der Waals surface area (Å²) in [4.78, 5) is 4.44. The number of anilines is 1. The van der Waals surface area contributed by atoms with E-state index in [-0.39, 0.29) is 0 Å². The molecule has 3 rings (SSSR count). The van der Waals surface area contributed by atoms with Crippen molar-refractivity contribution in [3.63, 3.8) is 0 Å². The van der Waals surface area contributed by atoms with Gasteiger partial charge in [-0.2, -0.15) is 0 Å². The Hall–Kier alpha value is -1.58. The van der Waals surface area contributed by atoms with E-state index in [0.717, 1.165) is 38.2 Å². The Morgan fingerprint density at radius 2 is 1.95 bits per heavy atom. The number of rotatable bonds is 3. The number of halogens is 2. The van der Waals surface area contributed by atoms with Gasteiger partial charge in [0, 0.05) is 22.6 Å². The van der Waals surface area contributed by atoms with Crippen LogP contribution in [0.5, 0.6) is 0 Å². The van der Waals surface area contributed by atoms with Gasteiger partial charge in [0.2, 0.25) is 0 Å². The zero-order valence-electron chi connectivity index (χ0n) is 11.5. The standard InChI is InChI=1S/C17H14BrClN2/c1-11-9-15(19)17(14-3-2-8-20-16(11)14)21-10-12-4-6-13(18)7-5-12/h2-9,21H,10H2,1H3. The van der Waals surface area contributed by atoms with E-state index in [4.69, 9.17) is 11.6 Å². The second-order valence-electron chi connectivity index (χ2n) is 4.93. The molecule has 0 atom stereocenters. The second-order valence-corrected chi connectivity index (χ2v) is 6.25. The molecule has 0 unspecified atom stereocenters. The van der Waals surface area contributed by atoms with Crippen LogP contribution in [0, 0.1) is 6.92 Å². The topological polar surface area (TPSA) is 24.9 Å². The van der Waals surface area contributed by atoms with Crippen molar-refractivity contribution in [2.45, 2.75) is 13.5 Å². The predicted octanol–water partition coefficient (Wildman–Crippen LogP) is 5.57. The lowest BCUT2D eigenvalue weighted by atomic mass is 10.1. The van der Waals surface area contributed by atoms with Crippen LogP contribution in [-0.2, 0) is 6.54 Å². The highest BCUT2D eigenvalue weighted by Gasteiger charge is 2.09. The third kappa shape index (κ3) is 3.04. The maximum atomic E-state index is 6.40. The molecular formula is C17H14BrClN2. The zero-order chi connectivity index (χ0) is 14.8. The summed E-state index contributed by atoms with van der Waals surface area (Å²) < 4.78 is 1.08. The fourth-order valence-electron chi connectivity index (χ4n) is 2.35. The third-order valence-electron chi connectivity index (χ3n) is 3.42. The van der Waals surface area contributed by atoms with Gasteiger partial charge >= 0.3 is 0 Å². The van der Waals surface area contributed by atoms with Crippen molar-refractivity contribution in [3.8, 4) is 0 Å². The molecule has 0 spiro atoms. The molecule has 1 aromatic heterocycles. The van der Waals surface area contributed by atoms with Crippen LogP contribution in [0.15, 0.2) is 53.1 Å². The van der Waals surface area contributed by atoms with Crippen LogP contribution in [0.1, 0.15) is 11.1 Å². The minimum absolute atomic E-state index is 0.722. The number of benzene rings is 2. The molecule has 4 heteroatoms. The van der Waals surface area contributed by atoms with Gasteiger partial charge in [-0.1, -0.05) is 39.7 Å². The van der Waals surface area contributed by atoms with Gasteiger partial charge < -0.3 is 5.32 Å². The first-order valence-corrected chi connectivity index (χ1v) is 7.84. The van der Waals surface area contributed by atoms with Crippen molar-refractivity contribution in [2.24, 2.45) is 0 Å². The number of hydrogen-bond acceptors (Lipinski definition) is 2. The van der Waals surface area contributed by atoms with E-state index in [1.165, 1.54) is 5.56 Å². The Bertz CT molecular complexity index is 785. The smallest absolute Gasteiger partial charge is 0.0752 e. The van der Waals surface area contributed by atoms with Crippen LogP contribution in [0.25, 0.3) is 10.9 Å². The summed E-state index contributed by atoms with van der Waals surface area (Å²) in [5.41, 5.74) is 4.21. The molecule has 1 N–H and O–H groups in total. The third-order valence-corrected chi connectivity index (χ3v) is 4.24. The minimum Gasteiger partial charge on any atom is -0.379 e. The average Bonchev–Trinajstić information content (AvgIpc) is 2.49. The molecule has 3 aromatic rings. The number of aryl methyl sites for hydroxylation is 1. The highest BCUT2D eigenvalue weighted by Crippen LogP contribution is 2.32. The van der Waals surface area contributed by atoms with E-state index in [1.54, 1.807) is 0 Å². The quantitative estimate of drug-likeness (QED) is 0.659. The lowest BCUT2D eigenvalue weighted by Crippen LogP contribution is -2.01. The van der Waals surface area contributed by atoms with E-state index in [0.29, 0.717) is 0 Å². The van der Waals surface area contributed by atoms with Crippen molar-refractivity contribution in [1.29, 1.82) is 0 Å². The van der Waals surface area contributed by atoms with Gasteiger partial charge in [0.15, 0.2) is 0 Å². The molecule has 106 valence electrons. The van der Waals surface area contributed by atoms with E-state index in [1.807, 2.05) is 43.5 Å². The normalized spacial score (nSPS) is 10.8. The number of fused-ring (bicyclic) bond motifs is 1. The second kappa shape index (κ2) is 6.04. The molecule has 1 heterocycles. The molecule has 0 radical (unpaired) electrons. The Balaban J connectivity index is 1.95. The molecule has 0 aliphatic rings. The van der Waals surface area contributed by atoms with Gasteiger partial charge in [0.25, 0.3) is 0 Å². The summed E-state index contributed by atoms with van der Waals surface area (Å²) in [5, 5.41) is 5.21. The largest absolute Gasteiger partial charge is 0.379 e. The monoisotopic (exact) mass is 360 g/mol. The molecule has 0 fully saturated rings. The number of aromatic nitrogens is 1. The maximum Gasteiger partial charge on any atom is 0.0752 e. The fraction of sp³-hybridized carbons (Fsp3) is 0.118. The van der Waals surface area contributed by atoms with E-state index in [2.05, 4.69) is 38.4 Å². The van der Waals surface area contributed by atoms with Gasteiger partial charge in [-0.25, -0.2) is 0 Å². The Morgan fingerprint density at radius 3 is 2.71 bits per heavy atom. The average molecular weight is 362 g/mol. The van der Waals surface area contributed by atoms with Crippen molar-refractivity contribution < 1.29 is 0 Å². The van der Waals surface area contributed by atoms with Crippen LogP contribution >= 0.6 is 27.5 Å². The van der Waals surface area contributed by atoms with Crippen molar-refractivity contribution >= 4 is 44.1 Å². The van der Waals surface area contributed by atoms with E-state index in [9.17, 15) is 0 Å². The van der Waals surface area contributed by atoms with Crippen molar-refractivity contribution in [3.05, 3.63) is 69.3 Å². The van der Waals surface area contributed by atoms with Gasteiger partial charge in [0.1, 0.15) is 0 Å². The van der Waals surface area contributed by atoms with Crippen molar-refractivity contribution in [2.75, 3.05) is 5.32 Å². The highest BCUT2D eigenvalue weighted by atomic mass is 79.9. The van der Waals surface area contributed by atoms with Crippen molar-refractivity contribution in [1.82, 2.24) is 4.98 Å². The van der Waals surface area contributed by atoms with Crippen LogP contribution in [-0.4, -0.2) is 4.98 Å². The van der Waals surface area contributed by atoms with Gasteiger partial charge in [-0.15, -0.1) is 0 Å². The summed E-state index contributed by atoms with van der Waals surface area (Å²) in [6, 6.07) is 14.2. The Kier molecular flexibility index (Phi) is 4.13. The number of nitrogens with zero attached hydrogens (tertiary/aromatic N) is 1. The highest BCUT2D eigenvalue weighted by molar-refractivity contribution is 9.10. The van der Waals surface area contributed by atoms with Gasteiger partial charge in [-0.3, -0.25) is 4.98 Å². The molecule has 0 bridgehead atoms. The molecule has 0 saturated heterocycles. The number of nitrogens with one attached hydrogen (secondary N) is 1. The fourth-order valence-corrected chi connectivity index (χ4v) is 2.95. The van der Waals surface area contributed by atoms with Gasteiger partial charge in [0.05, 0.1) is 16.2 Å². The van der Waals surface area contributed by atoms with Crippen LogP contribution < -0.4 is 5.32 Å². The maximum absolute atomic E-state index is 6.40. The summed E-state index contributed by atoms with van der Waals surface area (Å²) >= 11 is 9.85. The minimum atomic E-state index is 0.722. The van der Waals surface area contributed by atoms with E-state index < -0.39 is 0 Å². The molecule has 0 aliphatic carbocycles. The number of hydrogen-bond donors (Lipinski definition) is 1. The first-order valence-electron chi connectivity index (χ1n) is 6.67. The first-order chi connectivity index (χ1) is 10.1. The predicted molar refractivity (Wildman–Crippen MR) is 93.0 cm³/mol. The molecule has 0 saturated carbocycles. The molecular weight excluding hydrogens is 348 g/mol. The van der Waals surface area contributed by atoms with E-state index >= 15 is 0 Å². The van der Waals surface area contributed by atoms with Crippen LogP contribution in [0.4, 0.5) is 5.69 Å². The lowest BCUT2D eigenvalue weighted by Gasteiger charge is -2.13. The SMILES string of the molecule is Cc1cc(Cl)c(NCc2ccc(Br)cc2)c2cccnc12. The zero-order valence-corrected chi connectivity index (χ0v) is 13.9. The lowest BCUT2D eigenvalue weighted by molar-refractivity contribution is 1.15. The summed E-state index contributed by atoms with van der Waals surface area (Å²) in [7, 11) is 0. The van der Waals surface area contributed by atoms with Crippen LogP contribution in [0.3, 0.4) is 0 Å². The molecule has 2 nitrogen and oxygen atoms in total. The van der Waals surface area contributed by atoms with Crippen LogP contribution in [0.2, 0.25) is 5.02 Å². The first kappa shape index (κ1) is 14.4. The Labute approximate surface area is 137 Å². The molecule has 0 aliphatic heterocycles.